The van der Waals surface area contributed by atoms with Crippen molar-refractivity contribution in [3.8, 4) is 5.75 Å². The molecule has 2 fully saturated rings. The number of ether oxygens (including phenoxy) is 1. The summed E-state index contributed by atoms with van der Waals surface area (Å²) in [5.74, 6) is 1.02. The predicted octanol–water partition coefficient (Wildman–Crippen LogP) is 2.69. The van der Waals surface area contributed by atoms with Crippen LogP contribution >= 0.6 is 0 Å². The van der Waals surface area contributed by atoms with Crippen molar-refractivity contribution in [1.29, 1.82) is 0 Å². The number of benzene rings is 1. The summed E-state index contributed by atoms with van der Waals surface area (Å²) in [5.41, 5.74) is 0. The molecular formula is C14H19NO. The lowest BCUT2D eigenvalue weighted by Crippen LogP contribution is -2.39. The van der Waals surface area contributed by atoms with Gasteiger partial charge in [-0.15, -0.1) is 0 Å². The first kappa shape index (κ1) is 10.2. The van der Waals surface area contributed by atoms with Gasteiger partial charge in [-0.2, -0.15) is 0 Å². The van der Waals surface area contributed by atoms with Crippen LogP contribution in [-0.4, -0.2) is 30.1 Å². The molecule has 1 aromatic rings. The van der Waals surface area contributed by atoms with Crippen molar-refractivity contribution in [2.45, 2.75) is 37.8 Å². The summed E-state index contributed by atoms with van der Waals surface area (Å²) >= 11 is 0. The van der Waals surface area contributed by atoms with Gasteiger partial charge in [-0.3, -0.25) is 0 Å². The Bertz CT molecular complexity index is 326. The number of rotatable bonds is 3. The molecule has 1 heterocycles. The van der Waals surface area contributed by atoms with Gasteiger partial charge in [-0.1, -0.05) is 18.2 Å². The maximum absolute atomic E-state index is 5.98. The second-order valence-electron chi connectivity index (χ2n) is 4.90. The molecule has 0 amide bonds. The van der Waals surface area contributed by atoms with Crippen LogP contribution in [0.3, 0.4) is 0 Å². The number of piperidine rings is 1. The average Bonchev–Trinajstić information content (AvgIpc) is 3.15. The number of nitrogens with zero attached hydrogens (tertiary/aromatic N) is 1. The summed E-state index contributed by atoms with van der Waals surface area (Å²) in [7, 11) is 0. The highest BCUT2D eigenvalue weighted by Gasteiger charge is 2.32. The van der Waals surface area contributed by atoms with E-state index in [1.807, 2.05) is 30.3 Å². The Hall–Kier alpha value is -1.02. The normalized spacial score (nSPS) is 23.2. The highest BCUT2D eigenvalue weighted by atomic mass is 16.5. The third kappa shape index (κ3) is 2.38. The van der Waals surface area contributed by atoms with Gasteiger partial charge in [-0.25, -0.2) is 0 Å². The van der Waals surface area contributed by atoms with Crippen molar-refractivity contribution in [3.63, 3.8) is 0 Å². The standard InChI is InChI=1S/C14H19NO/c1-2-4-13(5-3-1)16-14-8-10-15(11-9-14)12-6-7-12/h1-5,12,14H,6-11H2. The zero-order valence-electron chi connectivity index (χ0n) is 9.64. The van der Waals surface area contributed by atoms with Crippen molar-refractivity contribution in [2.24, 2.45) is 0 Å². The minimum atomic E-state index is 0.428. The van der Waals surface area contributed by atoms with Crippen molar-refractivity contribution in [3.05, 3.63) is 30.3 Å². The van der Waals surface area contributed by atoms with E-state index in [9.17, 15) is 0 Å². The molecule has 3 rings (SSSR count). The van der Waals surface area contributed by atoms with E-state index < -0.39 is 0 Å². The molecule has 16 heavy (non-hydrogen) atoms. The number of hydrogen-bond donors (Lipinski definition) is 0. The molecule has 0 spiro atoms. The molecule has 0 radical (unpaired) electrons. The summed E-state index contributed by atoms with van der Waals surface area (Å²) in [6.45, 7) is 2.45. The maximum Gasteiger partial charge on any atom is 0.119 e. The van der Waals surface area contributed by atoms with Crippen LogP contribution in [0.5, 0.6) is 5.75 Å². The average molecular weight is 217 g/mol. The highest BCUT2D eigenvalue weighted by Crippen LogP contribution is 2.30. The third-order valence-electron chi connectivity index (χ3n) is 3.59. The van der Waals surface area contributed by atoms with Crippen LogP contribution in [0.15, 0.2) is 30.3 Å². The molecule has 2 aliphatic rings. The molecule has 0 aromatic heterocycles. The molecule has 1 aliphatic heterocycles. The fourth-order valence-corrected chi connectivity index (χ4v) is 2.49. The van der Waals surface area contributed by atoms with Crippen LogP contribution in [0.4, 0.5) is 0 Å². The summed E-state index contributed by atoms with van der Waals surface area (Å²) in [6.07, 6.45) is 5.64. The Morgan fingerprint density at radius 3 is 2.25 bits per heavy atom. The van der Waals surface area contributed by atoms with Crippen LogP contribution in [0.25, 0.3) is 0 Å². The number of para-hydroxylation sites is 1. The van der Waals surface area contributed by atoms with Gasteiger partial charge in [0.15, 0.2) is 0 Å². The Kier molecular flexibility index (Phi) is 2.83. The van der Waals surface area contributed by atoms with Crippen molar-refractivity contribution in [1.82, 2.24) is 4.90 Å². The Balaban J connectivity index is 1.50. The van der Waals surface area contributed by atoms with Gasteiger partial charge in [0.25, 0.3) is 0 Å². The molecule has 86 valence electrons. The second-order valence-corrected chi connectivity index (χ2v) is 4.90. The van der Waals surface area contributed by atoms with Gasteiger partial charge < -0.3 is 9.64 Å². The lowest BCUT2D eigenvalue weighted by Gasteiger charge is -2.32. The smallest absolute Gasteiger partial charge is 0.119 e. The van der Waals surface area contributed by atoms with Crippen LogP contribution in [-0.2, 0) is 0 Å². The SMILES string of the molecule is c1ccc(OC2CCN(C3CC3)CC2)cc1. The van der Waals surface area contributed by atoms with E-state index in [-0.39, 0.29) is 0 Å². The van der Waals surface area contributed by atoms with E-state index in [0.717, 1.165) is 11.8 Å². The summed E-state index contributed by atoms with van der Waals surface area (Å²) in [6, 6.07) is 11.1. The van der Waals surface area contributed by atoms with Gasteiger partial charge in [0.2, 0.25) is 0 Å². The monoisotopic (exact) mass is 217 g/mol. The first-order valence-electron chi connectivity index (χ1n) is 6.37. The summed E-state index contributed by atoms with van der Waals surface area (Å²) in [4.78, 5) is 2.63. The van der Waals surface area contributed by atoms with E-state index in [4.69, 9.17) is 4.74 Å². The van der Waals surface area contributed by atoms with Gasteiger partial charge in [-0.05, 0) is 37.8 Å². The van der Waals surface area contributed by atoms with Crippen molar-refractivity contribution in [2.75, 3.05) is 13.1 Å². The van der Waals surface area contributed by atoms with E-state index in [1.165, 1.54) is 38.8 Å². The summed E-state index contributed by atoms with van der Waals surface area (Å²) in [5, 5.41) is 0. The van der Waals surface area contributed by atoms with Gasteiger partial charge in [0.05, 0.1) is 0 Å². The van der Waals surface area contributed by atoms with Crippen molar-refractivity contribution >= 4 is 0 Å². The minimum Gasteiger partial charge on any atom is -0.490 e. The fraction of sp³-hybridized carbons (Fsp3) is 0.571. The van der Waals surface area contributed by atoms with Gasteiger partial charge in [0.1, 0.15) is 11.9 Å². The molecule has 2 nitrogen and oxygen atoms in total. The third-order valence-corrected chi connectivity index (χ3v) is 3.59. The van der Waals surface area contributed by atoms with E-state index >= 15 is 0 Å². The van der Waals surface area contributed by atoms with Crippen LogP contribution in [0, 0.1) is 0 Å². The Morgan fingerprint density at radius 1 is 0.938 bits per heavy atom. The molecule has 0 atom stereocenters. The number of hydrogen-bond acceptors (Lipinski definition) is 2. The highest BCUT2D eigenvalue weighted by molar-refractivity contribution is 5.21. The maximum atomic E-state index is 5.98. The molecule has 0 N–H and O–H groups in total. The van der Waals surface area contributed by atoms with Crippen LogP contribution in [0.1, 0.15) is 25.7 Å². The molecule has 1 saturated carbocycles. The van der Waals surface area contributed by atoms with E-state index in [0.29, 0.717) is 6.10 Å². The second kappa shape index (κ2) is 4.46. The molecular weight excluding hydrogens is 198 g/mol. The molecule has 1 aromatic carbocycles. The largest absolute Gasteiger partial charge is 0.490 e. The number of likely N-dealkylation sites (tertiary alicyclic amines) is 1. The predicted molar refractivity (Wildman–Crippen MR) is 64.7 cm³/mol. The van der Waals surface area contributed by atoms with E-state index in [1.54, 1.807) is 0 Å². The molecule has 1 saturated heterocycles. The van der Waals surface area contributed by atoms with Crippen LogP contribution in [0.2, 0.25) is 0 Å². The summed E-state index contributed by atoms with van der Waals surface area (Å²) < 4.78 is 5.98. The lowest BCUT2D eigenvalue weighted by molar-refractivity contribution is 0.0965. The first-order valence-corrected chi connectivity index (χ1v) is 6.37. The van der Waals surface area contributed by atoms with E-state index in [2.05, 4.69) is 4.90 Å². The fourth-order valence-electron chi connectivity index (χ4n) is 2.49. The molecule has 2 heteroatoms. The Labute approximate surface area is 97.2 Å². The Morgan fingerprint density at radius 2 is 1.62 bits per heavy atom. The van der Waals surface area contributed by atoms with Crippen molar-refractivity contribution < 1.29 is 4.74 Å². The lowest BCUT2D eigenvalue weighted by atomic mass is 10.1. The minimum absolute atomic E-state index is 0.428. The molecule has 0 unspecified atom stereocenters. The van der Waals surface area contributed by atoms with Gasteiger partial charge in [0, 0.05) is 19.1 Å². The topological polar surface area (TPSA) is 12.5 Å². The zero-order chi connectivity index (χ0) is 10.8. The first-order chi connectivity index (χ1) is 7.92. The molecule has 0 bridgehead atoms. The quantitative estimate of drug-likeness (QED) is 0.772. The zero-order valence-corrected chi connectivity index (χ0v) is 9.64. The molecule has 1 aliphatic carbocycles. The van der Waals surface area contributed by atoms with Crippen LogP contribution < -0.4 is 4.74 Å². The van der Waals surface area contributed by atoms with Gasteiger partial charge >= 0.3 is 0 Å².